The number of amides is 1. The van der Waals surface area contributed by atoms with Gasteiger partial charge in [0.25, 0.3) is 5.91 Å². The maximum atomic E-state index is 13.7. The zero-order valence-corrected chi connectivity index (χ0v) is 17.3. The molecule has 0 saturated carbocycles. The molecule has 3 heterocycles. The highest BCUT2D eigenvalue weighted by molar-refractivity contribution is 5.96. The van der Waals surface area contributed by atoms with Crippen LogP contribution in [-0.2, 0) is 11.3 Å². The Kier molecular flexibility index (Phi) is 5.91. The number of hydrogen-bond donors (Lipinski definition) is 1. The fourth-order valence-corrected chi connectivity index (χ4v) is 3.70. The summed E-state index contributed by atoms with van der Waals surface area (Å²) in [7, 11) is 1.58. The van der Waals surface area contributed by atoms with Crippen molar-refractivity contribution in [3.63, 3.8) is 0 Å². The maximum Gasteiger partial charge on any atom is 0.393 e. The number of alkyl halides is 3. The highest BCUT2D eigenvalue weighted by atomic mass is 19.4. The quantitative estimate of drug-likeness (QED) is 0.582. The lowest BCUT2D eigenvalue weighted by Crippen LogP contribution is -2.45. The zero-order valence-electron chi connectivity index (χ0n) is 17.3. The van der Waals surface area contributed by atoms with Crippen molar-refractivity contribution in [2.75, 3.05) is 18.5 Å². The summed E-state index contributed by atoms with van der Waals surface area (Å²) in [4.78, 5) is 30.4. The molecule has 33 heavy (non-hydrogen) atoms. The smallest absolute Gasteiger partial charge is 0.393 e. The first-order chi connectivity index (χ1) is 15.6. The normalized spacial score (nSPS) is 18.8. The molecular formula is C21H19F4N5O3. The van der Waals surface area contributed by atoms with Gasteiger partial charge in [0.05, 0.1) is 23.7 Å². The average molecular weight is 465 g/mol. The van der Waals surface area contributed by atoms with Crippen molar-refractivity contribution in [3.8, 4) is 0 Å². The van der Waals surface area contributed by atoms with Crippen molar-refractivity contribution in [3.05, 3.63) is 65.6 Å². The summed E-state index contributed by atoms with van der Waals surface area (Å²) in [6, 6.07) is 7.03. The van der Waals surface area contributed by atoms with E-state index in [9.17, 15) is 27.2 Å². The SMILES string of the molecule is CN(Cc1ccc(F)cc1)c1nc(C2CNC(=O)CC2C(F)(F)F)nn1C(=O)c1ccoc1. The zero-order chi connectivity index (χ0) is 23.8. The first kappa shape index (κ1) is 22.5. The molecule has 1 aliphatic heterocycles. The summed E-state index contributed by atoms with van der Waals surface area (Å²) in [6.07, 6.45) is -2.93. The third-order valence-corrected chi connectivity index (χ3v) is 5.40. The Morgan fingerprint density at radius 3 is 2.64 bits per heavy atom. The molecule has 1 aliphatic rings. The van der Waals surface area contributed by atoms with E-state index < -0.39 is 42.1 Å². The lowest BCUT2D eigenvalue weighted by Gasteiger charge is -2.31. The summed E-state index contributed by atoms with van der Waals surface area (Å²) in [5.74, 6) is -5.24. The summed E-state index contributed by atoms with van der Waals surface area (Å²) >= 11 is 0. The van der Waals surface area contributed by atoms with Crippen molar-refractivity contribution >= 4 is 17.8 Å². The third-order valence-electron chi connectivity index (χ3n) is 5.40. The fourth-order valence-electron chi connectivity index (χ4n) is 3.70. The van der Waals surface area contributed by atoms with Crippen LogP contribution in [0.3, 0.4) is 0 Å². The molecule has 2 unspecified atom stereocenters. The summed E-state index contributed by atoms with van der Waals surface area (Å²) in [5.41, 5.74) is 0.816. The van der Waals surface area contributed by atoms with Crippen molar-refractivity contribution in [1.29, 1.82) is 0 Å². The number of hydrogen-bond acceptors (Lipinski definition) is 6. The monoisotopic (exact) mass is 465 g/mol. The predicted octanol–water partition coefficient (Wildman–Crippen LogP) is 3.12. The number of furan rings is 1. The topological polar surface area (TPSA) is 93.3 Å². The Labute approximate surface area is 185 Å². The van der Waals surface area contributed by atoms with E-state index in [1.54, 1.807) is 19.2 Å². The molecule has 1 saturated heterocycles. The number of anilines is 1. The molecule has 174 valence electrons. The predicted molar refractivity (Wildman–Crippen MR) is 107 cm³/mol. The molecule has 0 radical (unpaired) electrons. The average Bonchev–Trinajstić information content (AvgIpc) is 3.45. The third kappa shape index (κ3) is 4.73. The van der Waals surface area contributed by atoms with Crippen LogP contribution in [0.15, 0.2) is 47.3 Å². The lowest BCUT2D eigenvalue weighted by molar-refractivity contribution is -0.189. The van der Waals surface area contributed by atoms with Gasteiger partial charge in [-0.3, -0.25) is 9.59 Å². The van der Waals surface area contributed by atoms with Crippen molar-refractivity contribution in [2.24, 2.45) is 5.92 Å². The first-order valence-corrected chi connectivity index (χ1v) is 9.96. The molecular weight excluding hydrogens is 446 g/mol. The molecule has 12 heteroatoms. The van der Waals surface area contributed by atoms with E-state index in [4.69, 9.17) is 4.42 Å². The number of carbonyl (C=O) groups is 2. The van der Waals surface area contributed by atoms with Gasteiger partial charge in [0.15, 0.2) is 5.82 Å². The maximum absolute atomic E-state index is 13.7. The van der Waals surface area contributed by atoms with E-state index in [2.05, 4.69) is 15.4 Å². The molecule has 3 aromatic rings. The summed E-state index contributed by atoms with van der Waals surface area (Å²) in [6.45, 7) is -0.130. The van der Waals surface area contributed by atoms with Gasteiger partial charge in [-0.05, 0) is 23.8 Å². The van der Waals surface area contributed by atoms with Crippen molar-refractivity contribution in [1.82, 2.24) is 20.1 Å². The second-order valence-electron chi connectivity index (χ2n) is 7.74. The largest absolute Gasteiger partial charge is 0.472 e. The van der Waals surface area contributed by atoms with E-state index in [0.29, 0.717) is 5.56 Å². The number of halogens is 4. The van der Waals surface area contributed by atoms with Crippen LogP contribution in [0, 0.1) is 11.7 Å². The number of benzene rings is 1. The fraction of sp³-hybridized carbons (Fsp3) is 0.333. The Bertz CT molecular complexity index is 1140. The van der Waals surface area contributed by atoms with Gasteiger partial charge in [-0.15, -0.1) is 5.10 Å². The molecule has 0 aliphatic carbocycles. The molecule has 0 spiro atoms. The van der Waals surface area contributed by atoms with Gasteiger partial charge in [-0.2, -0.15) is 22.8 Å². The lowest BCUT2D eigenvalue weighted by atomic mass is 9.85. The number of nitrogens with one attached hydrogen (secondary N) is 1. The molecule has 1 N–H and O–H groups in total. The van der Waals surface area contributed by atoms with Crippen molar-refractivity contribution in [2.45, 2.75) is 25.1 Å². The van der Waals surface area contributed by atoms with E-state index >= 15 is 0 Å². The highest BCUT2D eigenvalue weighted by Gasteiger charge is 2.50. The number of rotatable bonds is 5. The Balaban J connectivity index is 1.72. The second-order valence-corrected chi connectivity index (χ2v) is 7.74. The van der Waals surface area contributed by atoms with E-state index in [1.165, 1.54) is 35.6 Å². The van der Waals surface area contributed by atoms with E-state index in [0.717, 1.165) is 4.68 Å². The van der Waals surface area contributed by atoms with Gasteiger partial charge < -0.3 is 14.6 Å². The Hall–Kier alpha value is -3.70. The number of carbonyl (C=O) groups excluding carboxylic acids is 2. The number of nitrogens with zero attached hydrogens (tertiary/aromatic N) is 4. The summed E-state index contributed by atoms with van der Waals surface area (Å²) in [5, 5.41) is 6.53. The molecule has 1 fully saturated rings. The van der Waals surface area contributed by atoms with Crippen LogP contribution in [0.25, 0.3) is 0 Å². The molecule has 2 aromatic heterocycles. The first-order valence-electron chi connectivity index (χ1n) is 9.96. The summed E-state index contributed by atoms with van der Waals surface area (Å²) < 4.78 is 60.0. The van der Waals surface area contributed by atoms with Gasteiger partial charge in [0, 0.05) is 26.6 Å². The van der Waals surface area contributed by atoms with Gasteiger partial charge in [-0.1, -0.05) is 12.1 Å². The van der Waals surface area contributed by atoms with Crippen molar-refractivity contribution < 1.29 is 31.6 Å². The molecule has 0 bridgehead atoms. The van der Waals surface area contributed by atoms with Crippen LogP contribution in [0.4, 0.5) is 23.5 Å². The highest BCUT2D eigenvalue weighted by Crippen LogP contribution is 2.41. The van der Waals surface area contributed by atoms with E-state index in [-0.39, 0.29) is 30.4 Å². The molecule has 1 aromatic carbocycles. The van der Waals surface area contributed by atoms with Crippen LogP contribution < -0.4 is 10.2 Å². The van der Waals surface area contributed by atoms with Crippen LogP contribution in [0.5, 0.6) is 0 Å². The Morgan fingerprint density at radius 2 is 2.00 bits per heavy atom. The molecule has 4 rings (SSSR count). The van der Waals surface area contributed by atoms with Crippen LogP contribution >= 0.6 is 0 Å². The standard InChI is InChI=1S/C21H19F4N5O3/c1-29(10-12-2-4-14(22)5-3-12)20-27-18(28-30(20)19(32)13-6-7-33-11-13)15-9-26-17(31)8-16(15)21(23,24)25/h2-7,11,15-16H,8-10H2,1H3,(H,26,31). The van der Waals surface area contributed by atoms with E-state index in [1.807, 2.05) is 0 Å². The van der Waals surface area contributed by atoms with Crippen LogP contribution in [0.1, 0.15) is 34.1 Å². The minimum absolute atomic E-state index is 0.00153. The van der Waals surface area contributed by atoms with Gasteiger partial charge in [0.1, 0.15) is 12.1 Å². The molecule has 8 nitrogen and oxygen atoms in total. The van der Waals surface area contributed by atoms with Crippen LogP contribution in [0.2, 0.25) is 0 Å². The molecule has 2 atom stereocenters. The minimum atomic E-state index is -4.65. The molecule has 1 amide bonds. The number of piperidine rings is 1. The van der Waals surface area contributed by atoms with Gasteiger partial charge in [-0.25, -0.2) is 4.39 Å². The van der Waals surface area contributed by atoms with Gasteiger partial charge in [0.2, 0.25) is 11.9 Å². The van der Waals surface area contributed by atoms with Crippen LogP contribution in [-0.4, -0.2) is 46.3 Å². The Morgan fingerprint density at radius 1 is 1.27 bits per heavy atom. The number of aromatic nitrogens is 3. The minimum Gasteiger partial charge on any atom is -0.472 e. The van der Waals surface area contributed by atoms with Gasteiger partial charge >= 0.3 is 6.18 Å². The second kappa shape index (κ2) is 8.68.